The van der Waals surface area contributed by atoms with Crippen LogP contribution in [0.5, 0.6) is 5.75 Å². The summed E-state index contributed by atoms with van der Waals surface area (Å²) < 4.78 is 20.4. The highest BCUT2D eigenvalue weighted by Gasteiger charge is 2.11. The van der Waals surface area contributed by atoms with E-state index in [-0.39, 0.29) is 17.7 Å². The summed E-state index contributed by atoms with van der Waals surface area (Å²) in [5, 5.41) is 0.0920. The van der Waals surface area contributed by atoms with Gasteiger partial charge in [0, 0.05) is 21.6 Å². The van der Waals surface area contributed by atoms with Crippen molar-refractivity contribution < 1.29 is 9.13 Å². The number of hydrogen-bond donors (Lipinski definition) is 1. The molecule has 2 N–H and O–H groups in total. The molecular formula is C15H14BrClFNO. The van der Waals surface area contributed by atoms with Gasteiger partial charge in [0.15, 0.2) is 0 Å². The Labute approximate surface area is 130 Å². The molecule has 2 aromatic carbocycles. The van der Waals surface area contributed by atoms with Crippen LogP contribution in [0.25, 0.3) is 0 Å². The predicted molar refractivity (Wildman–Crippen MR) is 82.5 cm³/mol. The molecule has 0 unspecified atom stereocenters. The number of halogens is 3. The number of nitrogens with two attached hydrogens (primary N) is 1. The van der Waals surface area contributed by atoms with Gasteiger partial charge in [-0.3, -0.25) is 0 Å². The zero-order chi connectivity index (χ0) is 14.7. The maximum atomic E-state index is 13.8. The number of ether oxygens (including phenoxy) is 1. The monoisotopic (exact) mass is 357 g/mol. The van der Waals surface area contributed by atoms with Crippen molar-refractivity contribution >= 4 is 27.5 Å². The molecule has 0 aliphatic heterocycles. The lowest BCUT2D eigenvalue weighted by molar-refractivity contribution is 0.295. The van der Waals surface area contributed by atoms with E-state index < -0.39 is 5.82 Å². The van der Waals surface area contributed by atoms with E-state index in [1.807, 2.05) is 25.1 Å². The van der Waals surface area contributed by atoms with Crippen LogP contribution < -0.4 is 10.5 Å². The zero-order valence-corrected chi connectivity index (χ0v) is 13.2. The van der Waals surface area contributed by atoms with Crippen LogP contribution >= 0.6 is 27.5 Å². The topological polar surface area (TPSA) is 35.2 Å². The van der Waals surface area contributed by atoms with Crippen LogP contribution in [-0.2, 0) is 6.61 Å². The van der Waals surface area contributed by atoms with E-state index in [9.17, 15) is 4.39 Å². The minimum Gasteiger partial charge on any atom is -0.488 e. The Morgan fingerprint density at radius 2 is 2.10 bits per heavy atom. The Morgan fingerprint density at radius 3 is 2.80 bits per heavy atom. The summed E-state index contributed by atoms with van der Waals surface area (Å²) in [6.45, 7) is 1.97. The van der Waals surface area contributed by atoms with E-state index in [0.717, 1.165) is 10.0 Å². The second kappa shape index (κ2) is 6.57. The van der Waals surface area contributed by atoms with Gasteiger partial charge in [0.25, 0.3) is 0 Å². The molecule has 2 rings (SSSR count). The van der Waals surface area contributed by atoms with Crippen LogP contribution in [0.15, 0.2) is 40.9 Å². The average molecular weight is 359 g/mol. The highest BCUT2D eigenvalue weighted by molar-refractivity contribution is 9.10. The van der Waals surface area contributed by atoms with Gasteiger partial charge < -0.3 is 10.5 Å². The Hall–Kier alpha value is -1.10. The van der Waals surface area contributed by atoms with Crippen LogP contribution in [0.2, 0.25) is 5.02 Å². The molecule has 2 aromatic rings. The molecule has 5 heteroatoms. The first-order chi connectivity index (χ1) is 9.49. The minimum absolute atomic E-state index is 0.0920. The van der Waals surface area contributed by atoms with Gasteiger partial charge in [0.05, 0.1) is 5.02 Å². The SMILES string of the molecule is C[C@H](N)c1cc(Br)ccc1OCc1cccc(Cl)c1F. The molecule has 0 aromatic heterocycles. The van der Waals surface area contributed by atoms with Gasteiger partial charge in [-0.25, -0.2) is 4.39 Å². The third kappa shape index (κ3) is 3.51. The molecule has 2 nitrogen and oxygen atoms in total. The summed E-state index contributed by atoms with van der Waals surface area (Å²) in [6, 6.07) is 10.2. The second-order valence-corrected chi connectivity index (χ2v) is 5.80. The average Bonchev–Trinajstić information content (AvgIpc) is 2.41. The van der Waals surface area contributed by atoms with Gasteiger partial charge in [0.2, 0.25) is 0 Å². The molecule has 0 radical (unpaired) electrons. The molecule has 1 atom stereocenters. The largest absolute Gasteiger partial charge is 0.488 e. The molecule has 0 amide bonds. The van der Waals surface area contributed by atoms with Crippen molar-refractivity contribution in [1.82, 2.24) is 0 Å². The molecule has 0 saturated heterocycles. The fourth-order valence-electron chi connectivity index (χ4n) is 1.82. The Bertz CT molecular complexity index is 619. The normalized spacial score (nSPS) is 12.2. The van der Waals surface area contributed by atoms with Gasteiger partial charge in [-0.1, -0.05) is 39.7 Å². The maximum absolute atomic E-state index is 13.8. The van der Waals surface area contributed by atoms with E-state index >= 15 is 0 Å². The molecule has 20 heavy (non-hydrogen) atoms. The van der Waals surface area contributed by atoms with Crippen LogP contribution in [0, 0.1) is 5.82 Å². The third-order valence-corrected chi connectivity index (χ3v) is 3.66. The van der Waals surface area contributed by atoms with Crippen molar-refractivity contribution in [3.63, 3.8) is 0 Å². The predicted octanol–water partition coefficient (Wildman–Crippen LogP) is 4.84. The molecule has 106 valence electrons. The van der Waals surface area contributed by atoms with Gasteiger partial charge in [0.1, 0.15) is 18.2 Å². The lowest BCUT2D eigenvalue weighted by Gasteiger charge is -2.15. The van der Waals surface area contributed by atoms with E-state index in [4.69, 9.17) is 22.1 Å². The molecule has 0 aliphatic rings. The van der Waals surface area contributed by atoms with Crippen LogP contribution in [0.1, 0.15) is 24.1 Å². The quantitative estimate of drug-likeness (QED) is 0.848. The van der Waals surface area contributed by atoms with Crippen molar-refractivity contribution in [2.45, 2.75) is 19.6 Å². The number of hydrogen-bond acceptors (Lipinski definition) is 2. The maximum Gasteiger partial charge on any atom is 0.148 e. The first kappa shape index (κ1) is 15.3. The van der Waals surface area contributed by atoms with Crippen molar-refractivity contribution in [1.29, 1.82) is 0 Å². The smallest absolute Gasteiger partial charge is 0.148 e. The molecule has 0 fully saturated rings. The first-order valence-electron chi connectivity index (χ1n) is 6.09. The highest BCUT2D eigenvalue weighted by Crippen LogP contribution is 2.28. The van der Waals surface area contributed by atoms with E-state index in [1.54, 1.807) is 12.1 Å². The third-order valence-electron chi connectivity index (χ3n) is 2.88. The molecule has 0 aliphatic carbocycles. The Balaban J connectivity index is 2.21. The van der Waals surface area contributed by atoms with E-state index in [1.165, 1.54) is 6.07 Å². The standard InChI is InChI=1S/C15H14BrClFNO/c1-9(19)12-7-11(16)5-6-14(12)20-8-10-3-2-4-13(17)15(10)18/h2-7,9H,8,19H2,1H3/t9-/m0/s1. The Kier molecular flexibility index (Phi) is 5.02. The lowest BCUT2D eigenvalue weighted by Crippen LogP contribution is -2.08. The highest BCUT2D eigenvalue weighted by atomic mass is 79.9. The summed E-state index contributed by atoms with van der Waals surface area (Å²) >= 11 is 9.13. The van der Waals surface area contributed by atoms with Crippen LogP contribution in [0.3, 0.4) is 0 Å². The molecule has 0 heterocycles. The van der Waals surface area contributed by atoms with Crippen molar-refractivity contribution in [2.24, 2.45) is 5.73 Å². The summed E-state index contributed by atoms with van der Waals surface area (Å²) in [7, 11) is 0. The summed E-state index contributed by atoms with van der Waals surface area (Å²) in [4.78, 5) is 0. The minimum atomic E-state index is -0.450. The number of benzene rings is 2. The Morgan fingerprint density at radius 1 is 1.35 bits per heavy atom. The zero-order valence-electron chi connectivity index (χ0n) is 10.9. The summed E-state index contributed by atoms with van der Waals surface area (Å²) in [6.07, 6.45) is 0. The molecular weight excluding hydrogens is 345 g/mol. The fourth-order valence-corrected chi connectivity index (χ4v) is 2.39. The van der Waals surface area contributed by atoms with Crippen molar-refractivity contribution in [3.05, 3.63) is 62.8 Å². The number of rotatable bonds is 4. The lowest BCUT2D eigenvalue weighted by atomic mass is 10.1. The molecule has 0 saturated carbocycles. The van der Waals surface area contributed by atoms with Gasteiger partial charge in [-0.2, -0.15) is 0 Å². The molecule has 0 bridgehead atoms. The van der Waals surface area contributed by atoms with Gasteiger partial charge in [-0.05, 0) is 31.2 Å². The van der Waals surface area contributed by atoms with Gasteiger partial charge in [-0.15, -0.1) is 0 Å². The summed E-state index contributed by atoms with van der Waals surface area (Å²) in [5.74, 6) is 0.191. The second-order valence-electron chi connectivity index (χ2n) is 4.47. The van der Waals surface area contributed by atoms with E-state index in [2.05, 4.69) is 15.9 Å². The summed E-state index contributed by atoms with van der Waals surface area (Å²) in [5.41, 5.74) is 7.19. The van der Waals surface area contributed by atoms with Crippen LogP contribution in [-0.4, -0.2) is 0 Å². The van der Waals surface area contributed by atoms with Crippen molar-refractivity contribution in [3.8, 4) is 5.75 Å². The van der Waals surface area contributed by atoms with E-state index in [0.29, 0.717) is 11.3 Å². The van der Waals surface area contributed by atoms with Crippen LogP contribution in [0.4, 0.5) is 4.39 Å². The van der Waals surface area contributed by atoms with Gasteiger partial charge >= 0.3 is 0 Å². The molecule has 0 spiro atoms. The van der Waals surface area contributed by atoms with Crippen molar-refractivity contribution in [2.75, 3.05) is 0 Å². The first-order valence-corrected chi connectivity index (χ1v) is 7.27. The fraction of sp³-hybridized carbons (Fsp3) is 0.200.